The molecular weight excluding hydrogens is 478 g/mol. The van der Waals surface area contributed by atoms with Gasteiger partial charge in [0.15, 0.2) is 0 Å². The van der Waals surface area contributed by atoms with Crippen LogP contribution in [0.25, 0.3) is 38.8 Å². The maximum absolute atomic E-state index is 14.3. The zero-order chi connectivity index (χ0) is 26.2. The maximum Gasteiger partial charge on any atom is 0.266 e. The zero-order valence-electron chi connectivity index (χ0n) is 20.3. The molecule has 0 saturated carbocycles. The molecule has 0 saturated heterocycles. The fraction of sp³-hybridized carbons (Fsp3) is 0.0714. The minimum atomic E-state index is -0.518. The van der Waals surface area contributed by atoms with E-state index in [1.807, 2.05) is 73.8 Å². The summed E-state index contributed by atoms with van der Waals surface area (Å²) in [7, 11) is 0. The van der Waals surface area contributed by atoms with Crippen LogP contribution in [-0.2, 0) is 0 Å². The van der Waals surface area contributed by atoms with Crippen LogP contribution in [0.4, 0.5) is 11.8 Å². The van der Waals surface area contributed by atoms with E-state index in [2.05, 4.69) is 31.3 Å². The van der Waals surface area contributed by atoms with Crippen molar-refractivity contribution in [3.8, 4) is 22.9 Å². The lowest BCUT2D eigenvalue weighted by molar-refractivity contribution is 0.731. The van der Waals surface area contributed by atoms with E-state index < -0.39 is 6.04 Å². The average Bonchev–Trinajstić information content (AvgIpc) is 3.41. The predicted molar refractivity (Wildman–Crippen MR) is 146 cm³/mol. The standard InChI is InChI=1S/C28H21N9O/c1-16(34-25-19(13-29)15-33-28(30)36-25)26-35-22-9-5-8-21(18-12-17-10-11-31-24(17)32-14-18)23(22)27(38)37(26)20-6-3-2-4-7-20/h2-12,14-16H,1H3,(H,31,32)(H3,30,33,34,36). The molecule has 2 aromatic carbocycles. The van der Waals surface area contributed by atoms with Gasteiger partial charge in [0.25, 0.3) is 5.56 Å². The van der Waals surface area contributed by atoms with Crippen LogP contribution in [0, 0.1) is 11.3 Å². The van der Waals surface area contributed by atoms with Crippen molar-refractivity contribution in [2.75, 3.05) is 11.1 Å². The van der Waals surface area contributed by atoms with E-state index in [1.165, 1.54) is 6.20 Å². The third-order valence-corrected chi connectivity index (χ3v) is 6.32. The molecule has 0 aliphatic heterocycles. The number of nitrogens with zero attached hydrogens (tertiary/aromatic N) is 6. The van der Waals surface area contributed by atoms with Gasteiger partial charge in [0.1, 0.15) is 28.9 Å². The number of rotatable bonds is 5. The molecule has 4 N–H and O–H groups in total. The van der Waals surface area contributed by atoms with Crippen molar-refractivity contribution in [3.63, 3.8) is 0 Å². The number of nitrogens with two attached hydrogens (primary N) is 1. The summed E-state index contributed by atoms with van der Waals surface area (Å²) in [4.78, 5) is 34.9. The molecular formula is C28H21N9O. The number of nitriles is 1. The Hall–Kier alpha value is -5.56. The average molecular weight is 500 g/mol. The van der Waals surface area contributed by atoms with Gasteiger partial charge < -0.3 is 16.0 Å². The van der Waals surface area contributed by atoms with E-state index in [0.29, 0.717) is 22.4 Å². The molecule has 6 aromatic rings. The van der Waals surface area contributed by atoms with Gasteiger partial charge in [-0.15, -0.1) is 0 Å². The predicted octanol–water partition coefficient (Wildman–Crippen LogP) is 4.35. The minimum absolute atomic E-state index is 0.0308. The van der Waals surface area contributed by atoms with Gasteiger partial charge >= 0.3 is 0 Å². The first-order valence-electron chi connectivity index (χ1n) is 11.9. The van der Waals surface area contributed by atoms with Crippen molar-refractivity contribution in [3.05, 3.63) is 101 Å². The Morgan fingerprint density at radius 3 is 2.71 bits per heavy atom. The van der Waals surface area contributed by atoms with Crippen molar-refractivity contribution in [1.82, 2.24) is 29.5 Å². The lowest BCUT2D eigenvalue weighted by Gasteiger charge is -2.21. The lowest BCUT2D eigenvalue weighted by Crippen LogP contribution is -2.28. The Labute approximate surface area is 216 Å². The SMILES string of the molecule is CC(Nc1nc(N)ncc1C#N)c1nc2cccc(-c3cnc4[nH]ccc4c3)c2c(=O)n1-c1ccccc1. The van der Waals surface area contributed by atoms with E-state index in [0.717, 1.165) is 22.2 Å². The van der Waals surface area contributed by atoms with E-state index >= 15 is 0 Å². The van der Waals surface area contributed by atoms with Crippen molar-refractivity contribution >= 4 is 33.7 Å². The number of aromatic nitrogens is 6. The third-order valence-electron chi connectivity index (χ3n) is 6.32. The van der Waals surface area contributed by atoms with Crippen LogP contribution in [-0.4, -0.2) is 29.5 Å². The van der Waals surface area contributed by atoms with Crippen molar-refractivity contribution in [1.29, 1.82) is 5.26 Å². The van der Waals surface area contributed by atoms with Crippen molar-refractivity contribution in [2.24, 2.45) is 0 Å². The normalized spacial score (nSPS) is 11.9. The van der Waals surface area contributed by atoms with Gasteiger partial charge in [0, 0.05) is 23.3 Å². The third kappa shape index (κ3) is 3.88. The van der Waals surface area contributed by atoms with Crippen LogP contribution in [0.1, 0.15) is 24.4 Å². The number of hydrogen-bond donors (Lipinski definition) is 3. The highest BCUT2D eigenvalue weighted by molar-refractivity contribution is 5.96. The van der Waals surface area contributed by atoms with Crippen LogP contribution < -0.4 is 16.6 Å². The van der Waals surface area contributed by atoms with E-state index in [1.54, 1.807) is 10.8 Å². The molecule has 10 heteroatoms. The van der Waals surface area contributed by atoms with Gasteiger partial charge in [-0.1, -0.05) is 30.3 Å². The minimum Gasteiger partial charge on any atom is -0.368 e. The number of pyridine rings is 1. The quantitative estimate of drug-likeness (QED) is 0.317. The second kappa shape index (κ2) is 9.15. The van der Waals surface area contributed by atoms with Crippen LogP contribution in [0.15, 0.2) is 84.0 Å². The molecule has 0 bridgehead atoms. The number of anilines is 2. The molecule has 0 amide bonds. The summed E-state index contributed by atoms with van der Waals surface area (Å²) in [6, 6.07) is 20.4. The molecule has 6 rings (SSSR count). The number of benzene rings is 2. The Bertz CT molecular complexity index is 1920. The molecule has 38 heavy (non-hydrogen) atoms. The summed E-state index contributed by atoms with van der Waals surface area (Å²) in [5, 5.41) is 14.1. The molecule has 0 aliphatic rings. The Kier molecular flexibility index (Phi) is 5.51. The molecule has 0 aliphatic carbocycles. The highest BCUT2D eigenvalue weighted by Gasteiger charge is 2.21. The monoisotopic (exact) mass is 499 g/mol. The summed E-state index contributed by atoms with van der Waals surface area (Å²) in [6.45, 7) is 1.85. The molecule has 4 heterocycles. The van der Waals surface area contributed by atoms with E-state index in [-0.39, 0.29) is 22.9 Å². The molecule has 0 spiro atoms. The van der Waals surface area contributed by atoms with Crippen LogP contribution >= 0.6 is 0 Å². The first-order chi connectivity index (χ1) is 18.5. The number of aromatic amines is 1. The van der Waals surface area contributed by atoms with Gasteiger partial charge in [-0.3, -0.25) is 9.36 Å². The molecule has 0 radical (unpaired) electrons. The molecule has 0 fully saturated rings. The number of hydrogen-bond acceptors (Lipinski definition) is 8. The Morgan fingerprint density at radius 2 is 1.89 bits per heavy atom. The first-order valence-corrected chi connectivity index (χ1v) is 11.9. The van der Waals surface area contributed by atoms with E-state index in [9.17, 15) is 10.1 Å². The van der Waals surface area contributed by atoms with Gasteiger partial charge in [0.05, 0.1) is 28.8 Å². The molecule has 4 aromatic heterocycles. The van der Waals surface area contributed by atoms with Gasteiger partial charge in [-0.25, -0.2) is 15.0 Å². The van der Waals surface area contributed by atoms with Gasteiger partial charge in [0.2, 0.25) is 5.95 Å². The highest BCUT2D eigenvalue weighted by atomic mass is 16.1. The maximum atomic E-state index is 14.3. The van der Waals surface area contributed by atoms with Gasteiger partial charge in [-0.05, 0) is 42.8 Å². The number of para-hydroxylation sites is 1. The first kappa shape index (κ1) is 22.9. The number of fused-ring (bicyclic) bond motifs is 2. The van der Waals surface area contributed by atoms with E-state index in [4.69, 9.17) is 10.7 Å². The second-order valence-electron chi connectivity index (χ2n) is 8.75. The molecule has 1 atom stereocenters. The Morgan fingerprint density at radius 1 is 1.05 bits per heavy atom. The second-order valence-corrected chi connectivity index (χ2v) is 8.75. The number of nitrogens with one attached hydrogen (secondary N) is 2. The molecule has 1 unspecified atom stereocenters. The Balaban J connectivity index is 1.58. The summed E-state index contributed by atoms with van der Waals surface area (Å²) in [5.74, 6) is 0.746. The highest BCUT2D eigenvalue weighted by Crippen LogP contribution is 2.29. The van der Waals surface area contributed by atoms with Crippen LogP contribution in [0.5, 0.6) is 0 Å². The largest absolute Gasteiger partial charge is 0.368 e. The van der Waals surface area contributed by atoms with Crippen LogP contribution in [0.3, 0.4) is 0 Å². The summed E-state index contributed by atoms with van der Waals surface area (Å²) in [6.07, 6.45) is 4.94. The topological polar surface area (TPSA) is 151 Å². The fourth-order valence-corrected chi connectivity index (χ4v) is 4.55. The summed E-state index contributed by atoms with van der Waals surface area (Å²) < 4.78 is 1.59. The fourth-order valence-electron chi connectivity index (χ4n) is 4.55. The summed E-state index contributed by atoms with van der Waals surface area (Å²) >= 11 is 0. The summed E-state index contributed by atoms with van der Waals surface area (Å²) in [5.41, 5.74) is 9.30. The lowest BCUT2D eigenvalue weighted by atomic mass is 10.0. The number of H-pyrrole nitrogens is 1. The van der Waals surface area contributed by atoms with Gasteiger partial charge in [-0.2, -0.15) is 10.2 Å². The molecule has 10 nitrogen and oxygen atoms in total. The smallest absolute Gasteiger partial charge is 0.266 e. The zero-order valence-corrected chi connectivity index (χ0v) is 20.3. The molecule has 184 valence electrons. The van der Waals surface area contributed by atoms with Crippen molar-refractivity contribution < 1.29 is 0 Å². The van der Waals surface area contributed by atoms with Crippen LogP contribution in [0.2, 0.25) is 0 Å². The number of nitrogen functional groups attached to an aromatic ring is 1. The van der Waals surface area contributed by atoms with Crippen molar-refractivity contribution in [2.45, 2.75) is 13.0 Å².